The molecule has 0 unspecified atom stereocenters. The summed E-state index contributed by atoms with van der Waals surface area (Å²) in [4.78, 5) is 13.6. The highest BCUT2D eigenvalue weighted by Gasteiger charge is 2.13. The van der Waals surface area contributed by atoms with Gasteiger partial charge in [0.2, 0.25) is 0 Å². The molecule has 17 heavy (non-hydrogen) atoms. The van der Waals surface area contributed by atoms with Gasteiger partial charge < -0.3 is 0 Å². The molecule has 0 spiro atoms. The molecular formula is C15H13NO. The fourth-order valence-electron chi connectivity index (χ4n) is 1.65. The number of rotatable bonds is 3. The molecule has 2 rings (SSSR count). The van der Waals surface area contributed by atoms with E-state index in [4.69, 9.17) is 0 Å². The second-order valence-corrected chi connectivity index (χ2v) is 3.55. The minimum atomic E-state index is -0.137. The third-order valence-electron chi connectivity index (χ3n) is 2.42. The summed E-state index contributed by atoms with van der Waals surface area (Å²) in [6.45, 7) is 3.54. The van der Waals surface area contributed by atoms with Crippen LogP contribution in [-0.4, -0.2) is 5.91 Å². The molecule has 0 atom stereocenters. The highest BCUT2D eigenvalue weighted by molar-refractivity contribution is 6.06. The Bertz CT molecular complexity index is 465. The van der Waals surface area contributed by atoms with Crippen LogP contribution in [-0.2, 0) is 4.79 Å². The van der Waals surface area contributed by atoms with Crippen LogP contribution in [0.1, 0.15) is 0 Å². The van der Waals surface area contributed by atoms with Crippen LogP contribution >= 0.6 is 0 Å². The minimum absolute atomic E-state index is 0.137. The van der Waals surface area contributed by atoms with Crippen molar-refractivity contribution in [3.8, 4) is 0 Å². The summed E-state index contributed by atoms with van der Waals surface area (Å²) < 4.78 is 0. The lowest BCUT2D eigenvalue weighted by molar-refractivity contribution is -0.113. The van der Waals surface area contributed by atoms with E-state index in [0.717, 1.165) is 11.4 Å². The Hall–Kier alpha value is -2.35. The molecule has 0 aromatic heterocycles. The molecule has 2 nitrogen and oxygen atoms in total. The van der Waals surface area contributed by atoms with E-state index >= 15 is 0 Å². The predicted molar refractivity (Wildman–Crippen MR) is 70.2 cm³/mol. The lowest BCUT2D eigenvalue weighted by atomic mass is 10.2. The lowest BCUT2D eigenvalue weighted by Crippen LogP contribution is -2.23. The number of para-hydroxylation sites is 2. The molecule has 0 aliphatic rings. The zero-order valence-electron chi connectivity index (χ0n) is 9.41. The summed E-state index contributed by atoms with van der Waals surface area (Å²) in [5.41, 5.74) is 1.67. The molecule has 0 radical (unpaired) electrons. The van der Waals surface area contributed by atoms with Crippen molar-refractivity contribution in [1.29, 1.82) is 0 Å². The highest BCUT2D eigenvalue weighted by atomic mass is 16.2. The van der Waals surface area contributed by atoms with Gasteiger partial charge in [-0.2, -0.15) is 0 Å². The van der Waals surface area contributed by atoms with Gasteiger partial charge in [-0.05, 0) is 30.3 Å². The largest absolute Gasteiger partial charge is 0.278 e. The number of anilines is 2. The molecule has 84 valence electrons. The SMILES string of the molecule is C=CC(=O)N(c1ccccc1)c1ccccc1. The van der Waals surface area contributed by atoms with Crippen LogP contribution in [0.3, 0.4) is 0 Å². The number of carbonyl (C=O) groups excluding carboxylic acids is 1. The second kappa shape index (κ2) is 5.12. The van der Waals surface area contributed by atoms with Crippen molar-refractivity contribution in [2.24, 2.45) is 0 Å². The van der Waals surface area contributed by atoms with Crippen LogP contribution in [0.4, 0.5) is 11.4 Å². The van der Waals surface area contributed by atoms with Gasteiger partial charge in [-0.15, -0.1) is 0 Å². The second-order valence-electron chi connectivity index (χ2n) is 3.55. The van der Waals surface area contributed by atoms with E-state index in [1.807, 2.05) is 60.7 Å². The van der Waals surface area contributed by atoms with Crippen LogP contribution in [0.2, 0.25) is 0 Å². The van der Waals surface area contributed by atoms with E-state index in [1.165, 1.54) is 6.08 Å². The molecule has 0 N–H and O–H groups in total. The van der Waals surface area contributed by atoms with E-state index < -0.39 is 0 Å². The predicted octanol–water partition coefficient (Wildman–Crippen LogP) is 3.54. The van der Waals surface area contributed by atoms with E-state index in [-0.39, 0.29) is 5.91 Å². The van der Waals surface area contributed by atoms with Crippen molar-refractivity contribution in [3.05, 3.63) is 73.3 Å². The van der Waals surface area contributed by atoms with Crippen molar-refractivity contribution in [3.63, 3.8) is 0 Å². The van der Waals surface area contributed by atoms with E-state index in [1.54, 1.807) is 4.90 Å². The molecule has 0 aliphatic heterocycles. The van der Waals surface area contributed by atoms with E-state index in [0.29, 0.717) is 0 Å². The first-order chi connectivity index (χ1) is 8.33. The number of benzene rings is 2. The van der Waals surface area contributed by atoms with Gasteiger partial charge in [0, 0.05) is 11.4 Å². The number of nitrogens with zero attached hydrogens (tertiary/aromatic N) is 1. The third kappa shape index (κ3) is 2.42. The number of hydrogen-bond donors (Lipinski definition) is 0. The van der Waals surface area contributed by atoms with Gasteiger partial charge in [0.25, 0.3) is 5.91 Å². The standard InChI is InChI=1S/C15H13NO/c1-2-15(17)16(13-9-5-3-6-10-13)14-11-7-4-8-12-14/h2-12H,1H2. The van der Waals surface area contributed by atoms with Crippen LogP contribution < -0.4 is 4.90 Å². The third-order valence-corrected chi connectivity index (χ3v) is 2.42. The van der Waals surface area contributed by atoms with Crippen LogP contribution in [0.5, 0.6) is 0 Å². The van der Waals surface area contributed by atoms with Crippen LogP contribution in [0.15, 0.2) is 73.3 Å². The number of carbonyl (C=O) groups is 1. The molecule has 2 heteroatoms. The summed E-state index contributed by atoms with van der Waals surface area (Å²) in [5.74, 6) is -0.137. The number of amides is 1. The average Bonchev–Trinajstić information content (AvgIpc) is 2.41. The van der Waals surface area contributed by atoms with Gasteiger partial charge in [-0.25, -0.2) is 0 Å². The Kier molecular flexibility index (Phi) is 3.36. The van der Waals surface area contributed by atoms with Gasteiger partial charge in [-0.1, -0.05) is 43.0 Å². The molecule has 0 heterocycles. The summed E-state index contributed by atoms with van der Waals surface area (Å²) in [6, 6.07) is 19.0. The first-order valence-corrected chi connectivity index (χ1v) is 5.39. The van der Waals surface area contributed by atoms with E-state index in [9.17, 15) is 4.79 Å². The van der Waals surface area contributed by atoms with Gasteiger partial charge in [-0.3, -0.25) is 9.69 Å². The molecule has 0 aliphatic carbocycles. The Morgan fingerprint density at radius 2 is 1.29 bits per heavy atom. The topological polar surface area (TPSA) is 20.3 Å². The number of hydrogen-bond acceptors (Lipinski definition) is 1. The Labute approximate surface area is 101 Å². The van der Waals surface area contributed by atoms with Gasteiger partial charge >= 0.3 is 0 Å². The van der Waals surface area contributed by atoms with Gasteiger partial charge in [0.15, 0.2) is 0 Å². The quantitative estimate of drug-likeness (QED) is 0.729. The average molecular weight is 223 g/mol. The summed E-state index contributed by atoms with van der Waals surface area (Å²) in [5, 5.41) is 0. The molecule has 1 amide bonds. The first-order valence-electron chi connectivity index (χ1n) is 5.39. The van der Waals surface area contributed by atoms with Crippen LogP contribution in [0.25, 0.3) is 0 Å². The van der Waals surface area contributed by atoms with Crippen molar-refractivity contribution in [2.75, 3.05) is 4.90 Å². The molecule has 0 saturated heterocycles. The Morgan fingerprint density at radius 1 is 0.882 bits per heavy atom. The summed E-state index contributed by atoms with van der Waals surface area (Å²) in [6.07, 6.45) is 1.32. The molecule has 0 bridgehead atoms. The highest BCUT2D eigenvalue weighted by Crippen LogP contribution is 2.24. The lowest BCUT2D eigenvalue weighted by Gasteiger charge is -2.21. The van der Waals surface area contributed by atoms with Crippen molar-refractivity contribution < 1.29 is 4.79 Å². The maximum absolute atomic E-state index is 11.9. The minimum Gasteiger partial charge on any atom is -0.278 e. The molecule has 0 saturated carbocycles. The molecule has 2 aromatic rings. The Balaban J connectivity index is 2.47. The van der Waals surface area contributed by atoms with Crippen molar-refractivity contribution in [1.82, 2.24) is 0 Å². The summed E-state index contributed by atoms with van der Waals surface area (Å²) >= 11 is 0. The zero-order chi connectivity index (χ0) is 12.1. The van der Waals surface area contributed by atoms with E-state index in [2.05, 4.69) is 6.58 Å². The molecular weight excluding hydrogens is 210 g/mol. The van der Waals surface area contributed by atoms with Gasteiger partial charge in [0.1, 0.15) is 0 Å². The maximum Gasteiger partial charge on any atom is 0.254 e. The van der Waals surface area contributed by atoms with Crippen LogP contribution in [0, 0.1) is 0 Å². The monoisotopic (exact) mass is 223 g/mol. The first kappa shape index (κ1) is 11.1. The fourth-order valence-corrected chi connectivity index (χ4v) is 1.65. The maximum atomic E-state index is 11.9. The Morgan fingerprint density at radius 3 is 1.65 bits per heavy atom. The smallest absolute Gasteiger partial charge is 0.254 e. The van der Waals surface area contributed by atoms with Gasteiger partial charge in [0.05, 0.1) is 0 Å². The zero-order valence-corrected chi connectivity index (χ0v) is 9.41. The molecule has 0 fully saturated rings. The fraction of sp³-hybridized carbons (Fsp3) is 0. The van der Waals surface area contributed by atoms with Crippen molar-refractivity contribution in [2.45, 2.75) is 0 Å². The molecule has 2 aromatic carbocycles. The van der Waals surface area contributed by atoms with Crippen molar-refractivity contribution >= 4 is 17.3 Å². The summed E-state index contributed by atoms with van der Waals surface area (Å²) in [7, 11) is 0. The normalized spacial score (nSPS) is 9.65.